The second kappa shape index (κ2) is 18.6. The molecule has 0 aromatic carbocycles. The Balaban J connectivity index is 1.55. The third kappa shape index (κ3) is 9.43. The molecule has 50 heavy (non-hydrogen) atoms. The van der Waals surface area contributed by atoms with E-state index >= 15 is 0 Å². The summed E-state index contributed by atoms with van der Waals surface area (Å²) < 4.78 is 35.7. The first kappa shape index (κ1) is 41.5. The summed E-state index contributed by atoms with van der Waals surface area (Å²) >= 11 is 0. The average Bonchev–Trinajstić information content (AvgIpc) is 3.39. The molecule has 21 heteroatoms. The standard InChI is InChI=1S/C29H57N7O14/c1-10(6-30)26(44)36-13-4-11(32)23(48-27-12(33)5-14(39)16(46-27)8-35-2-3-37)25(19(13)40)50-29-22(43)24(17(9-38)47-29)49-28-18(34)21(42)20(41)15(7-31)45-28/h10-25,27-29,35,37-43H,2-9,30-34H2,1H3,(H,36,44)/t10-,11-,12?,13+,14-,15-,16+,17+,18?,19-,20+,21+,22+,23+,24+,25+,27+,28+,29-/m0/s1. The number of ether oxygens (including phenoxy) is 6. The van der Waals surface area contributed by atoms with E-state index in [4.69, 9.17) is 62.2 Å². The lowest BCUT2D eigenvalue weighted by Crippen LogP contribution is -2.67. The normalized spacial score (nSPS) is 46.1. The molecule has 0 aromatic heterocycles. The number of hydrogen-bond acceptors (Lipinski definition) is 20. The quantitative estimate of drug-likeness (QED) is 0.0696. The van der Waals surface area contributed by atoms with Gasteiger partial charge < -0.3 is 103 Å². The number of nitrogens with two attached hydrogens (primary N) is 5. The summed E-state index contributed by atoms with van der Waals surface area (Å²) in [4.78, 5) is 12.8. The molecule has 1 amide bonds. The minimum Gasteiger partial charge on any atom is -0.395 e. The van der Waals surface area contributed by atoms with E-state index in [1.165, 1.54) is 0 Å². The number of carbonyl (C=O) groups is 1. The Morgan fingerprint density at radius 2 is 1.42 bits per heavy atom. The average molecular weight is 728 g/mol. The minimum absolute atomic E-state index is 0.0211. The van der Waals surface area contributed by atoms with Crippen molar-refractivity contribution >= 4 is 5.91 Å². The van der Waals surface area contributed by atoms with Gasteiger partial charge >= 0.3 is 0 Å². The molecule has 1 saturated carbocycles. The molecule has 3 heterocycles. The first-order chi connectivity index (χ1) is 23.8. The van der Waals surface area contributed by atoms with Crippen molar-refractivity contribution in [3.63, 3.8) is 0 Å². The van der Waals surface area contributed by atoms with Crippen LogP contribution in [-0.4, -0.2) is 191 Å². The van der Waals surface area contributed by atoms with Gasteiger partial charge in [0.2, 0.25) is 5.91 Å². The van der Waals surface area contributed by atoms with Gasteiger partial charge in [-0.1, -0.05) is 6.92 Å². The van der Waals surface area contributed by atoms with Crippen LogP contribution in [0.25, 0.3) is 0 Å². The molecule has 0 bridgehead atoms. The van der Waals surface area contributed by atoms with Gasteiger partial charge in [-0.3, -0.25) is 4.79 Å². The minimum atomic E-state index is -1.65. The Bertz CT molecular complexity index is 1060. The fourth-order valence-electron chi connectivity index (χ4n) is 6.56. The number of nitrogens with one attached hydrogen (secondary N) is 2. The highest BCUT2D eigenvalue weighted by molar-refractivity contribution is 5.78. The molecule has 4 rings (SSSR count). The second-order valence-electron chi connectivity index (χ2n) is 13.4. The van der Waals surface area contributed by atoms with Crippen LogP contribution >= 0.6 is 0 Å². The predicted octanol–water partition coefficient (Wildman–Crippen LogP) is -8.49. The lowest BCUT2D eigenvalue weighted by Gasteiger charge is -2.47. The maximum absolute atomic E-state index is 12.8. The molecule has 292 valence electrons. The Kier molecular flexibility index (Phi) is 15.5. The molecular weight excluding hydrogens is 670 g/mol. The molecule has 0 radical (unpaired) electrons. The smallest absolute Gasteiger partial charge is 0.224 e. The van der Waals surface area contributed by atoms with E-state index in [0.29, 0.717) is 0 Å². The van der Waals surface area contributed by atoms with Crippen molar-refractivity contribution in [3.8, 4) is 0 Å². The number of hydrogen-bond donors (Lipinski definition) is 14. The van der Waals surface area contributed by atoms with E-state index in [0.717, 1.165) is 0 Å². The zero-order valence-corrected chi connectivity index (χ0v) is 28.0. The molecule has 3 aliphatic heterocycles. The van der Waals surface area contributed by atoms with E-state index in [-0.39, 0.29) is 45.6 Å². The first-order valence-electron chi connectivity index (χ1n) is 17.0. The van der Waals surface area contributed by atoms with Crippen LogP contribution in [0.2, 0.25) is 0 Å². The van der Waals surface area contributed by atoms with Gasteiger partial charge in [0, 0.05) is 38.1 Å². The lowest BCUT2D eigenvalue weighted by molar-refractivity contribution is -0.296. The summed E-state index contributed by atoms with van der Waals surface area (Å²) in [7, 11) is 0. The number of amides is 1. The van der Waals surface area contributed by atoms with Crippen molar-refractivity contribution in [2.75, 3.05) is 39.4 Å². The fraction of sp³-hybridized carbons (Fsp3) is 0.966. The van der Waals surface area contributed by atoms with Crippen LogP contribution in [0.1, 0.15) is 19.8 Å². The summed E-state index contributed by atoms with van der Waals surface area (Å²) in [5, 5.41) is 79.1. The van der Waals surface area contributed by atoms with Gasteiger partial charge in [-0.15, -0.1) is 0 Å². The van der Waals surface area contributed by atoms with E-state index in [1.807, 2.05) is 0 Å². The first-order valence-corrected chi connectivity index (χ1v) is 17.0. The number of aliphatic hydroxyl groups is 7. The maximum atomic E-state index is 12.8. The highest BCUT2D eigenvalue weighted by atomic mass is 16.8. The van der Waals surface area contributed by atoms with Gasteiger partial charge in [0.05, 0.1) is 43.5 Å². The van der Waals surface area contributed by atoms with E-state index in [9.17, 15) is 35.4 Å². The zero-order chi connectivity index (χ0) is 36.9. The third-order valence-corrected chi connectivity index (χ3v) is 9.71. The molecule has 0 spiro atoms. The molecule has 2 unspecified atom stereocenters. The van der Waals surface area contributed by atoms with Crippen molar-refractivity contribution in [1.82, 2.24) is 10.6 Å². The van der Waals surface area contributed by atoms with Crippen LogP contribution in [0.4, 0.5) is 0 Å². The third-order valence-electron chi connectivity index (χ3n) is 9.71. The summed E-state index contributed by atoms with van der Waals surface area (Å²) in [5.41, 5.74) is 30.2. The van der Waals surface area contributed by atoms with E-state index in [1.54, 1.807) is 6.92 Å². The number of rotatable bonds is 15. The summed E-state index contributed by atoms with van der Waals surface area (Å²) in [6.45, 7) is 1.11. The Labute approximate surface area is 289 Å². The molecule has 19 atom stereocenters. The Hall–Kier alpha value is -1.29. The molecule has 21 nitrogen and oxygen atoms in total. The topological polar surface area (TPSA) is 368 Å². The summed E-state index contributed by atoms with van der Waals surface area (Å²) in [6.07, 6.45) is -17.9. The van der Waals surface area contributed by atoms with Crippen LogP contribution < -0.4 is 39.3 Å². The van der Waals surface area contributed by atoms with Crippen molar-refractivity contribution in [1.29, 1.82) is 0 Å². The molecule has 0 aromatic rings. The predicted molar refractivity (Wildman–Crippen MR) is 170 cm³/mol. The maximum Gasteiger partial charge on any atom is 0.224 e. The van der Waals surface area contributed by atoms with Gasteiger partial charge in [0.15, 0.2) is 18.9 Å². The van der Waals surface area contributed by atoms with Crippen molar-refractivity contribution in [2.24, 2.45) is 34.6 Å². The van der Waals surface area contributed by atoms with Crippen molar-refractivity contribution < 1.29 is 69.0 Å². The second-order valence-corrected chi connectivity index (χ2v) is 13.4. The van der Waals surface area contributed by atoms with Crippen LogP contribution in [0.5, 0.6) is 0 Å². The fourth-order valence-corrected chi connectivity index (χ4v) is 6.56. The van der Waals surface area contributed by atoms with Gasteiger partial charge in [-0.05, 0) is 12.8 Å². The molecular formula is C29H57N7O14. The summed E-state index contributed by atoms with van der Waals surface area (Å²) in [6, 6.07) is -3.97. The highest BCUT2D eigenvalue weighted by Crippen LogP contribution is 2.34. The van der Waals surface area contributed by atoms with Crippen molar-refractivity contribution in [2.45, 2.75) is 130 Å². The highest BCUT2D eigenvalue weighted by Gasteiger charge is 2.54. The van der Waals surface area contributed by atoms with Gasteiger partial charge in [-0.2, -0.15) is 0 Å². The molecule has 4 fully saturated rings. The van der Waals surface area contributed by atoms with Crippen LogP contribution in [0.3, 0.4) is 0 Å². The van der Waals surface area contributed by atoms with Crippen LogP contribution in [-0.2, 0) is 33.2 Å². The van der Waals surface area contributed by atoms with Gasteiger partial charge in [-0.25, -0.2) is 0 Å². The molecule has 3 saturated heterocycles. The number of carbonyl (C=O) groups excluding carboxylic acids is 1. The number of aliphatic hydroxyl groups excluding tert-OH is 7. The largest absolute Gasteiger partial charge is 0.395 e. The van der Waals surface area contributed by atoms with Crippen LogP contribution in [0.15, 0.2) is 0 Å². The van der Waals surface area contributed by atoms with E-state index in [2.05, 4.69) is 10.6 Å². The Morgan fingerprint density at radius 3 is 2.06 bits per heavy atom. The van der Waals surface area contributed by atoms with Gasteiger partial charge in [0.25, 0.3) is 0 Å². The SMILES string of the molecule is C[C@@H](CN)C(=O)N[C@@H]1C[C@H](N)[C@@H](O[C@H]2O[C@H](CNCCO)[C@@H](O)CC2N)[C@H](O[C@@H]2O[C@H](CO)[C@@H](O[C@H]3O[C@@H](CN)[C@@H](O)[C@H](O)C3N)[C@H]2O)[C@H]1O. The van der Waals surface area contributed by atoms with Gasteiger partial charge in [0.1, 0.15) is 54.9 Å². The monoisotopic (exact) mass is 727 g/mol. The van der Waals surface area contributed by atoms with Crippen LogP contribution in [0, 0.1) is 5.92 Å². The summed E-state index contributed by atoms with van der Waals surface area (Å²) in [5.74, 6) is -1.03. The molecule has 4 aliphatic rings. The lowest BCUT2D eigenvalue weighted by atomic mass is 9.83. The zero-order valence-electron chi connectivity index (χ0n) is 28.0. The molecule has 19 N–H and O–H groups in total. The van der Waals surface area contributed by atoms with Crippen molar-refractivity contribution in [3.05, 3.63) is 0 Å². The Morgan fingerprint density at radius 1 is 0.780 bits per heavy atom. The molecule has 1 aliphatic carbocycles. The van der Waals surface area contributed by atoms with E-state index < -0.39 is 129 Å².